The first-order valence-electron chi connectivity index (χ1n) is 6.57. The molecular formula is C14H19BrN2O2. The number of ether oxygens (including phenoxy) is 1. The van der Waals surface area contributed by atoms with Crippen LogP contribution >= 0.6 is 15.9 Å². The molecule has 4 nitrogen and oxygen atoms in total. The number of amides is 1. The van der Waals surface area contributed by atoms with Crippen LogP contribution in [0.2, 0.25) is 0 Å². The minimum Gasteiger partial charge on any atom is -0.493 e. The molecule has 0 fully saturated rings. The zero-order valence-corrected chi connectivity index (χ0v) is 12.6. The Hall–Kier alpha value is -1.07. The number of carbonyl (C=O) groups is 1. The van der Waals surface area contributed by atoms with E-state index in [1.165, 1.54) is 12.5 Å². The average Bonchev–Trinajstić information content (AvgIpc) is 2.56. The van der Waals surface area contributed by atoms with E-state index in [0.717, 1.165) is 36.2 Å². The average molecular weight is 327 g/mol. The Kier molecular flexibility index (Phi) is 5.22. The van der Waals surface area contributed by atoms with Crippen LogP contribution in [-0.4, -0.2) is 25.6 Å². The molecule has 1 aliphatic heterocycles. The third kappa shape index (κ3) is 4.21. The molecule has 0 saturated heterocycles. The lowest BCUT2D eigenvalue weighted by molar-refractivity contribution is -0.118. The second kappa shape index (κ2) is 6.91. The topological polar surface area (TPSA) is 50.4 Å². The lowest BCUT2D eigenvalue weighted by Crippen LogP contribution is -2.32. The van der Waals surface area contributed by atoms with Crippen LogP contribution in [0.15, 0.2) is 22.7 Å². The number of halogens is 1. The predicted molar refractivity (Wildman–Crippen MR) is 78.3 cm³/mol. The number of rotatable bonds is 4. The van der Waals surface area contributed by atoms with Crippen LogP contribution in [0.5, 0.6) is 5.75 Å². The van der Waals surface area contributed by atoms with E-state index in [9.17, 15) is 4.79 Å². The summed E-state index contributed by atoms with van der Waals surface area (Å²) in [7, 11) is 0. The second-order valence-corrected chi connectivity index (χ2v) is 5.58. The molecule has 19 heavy (non-hydrogen) atoms. The summed E-state index contributed by atoms with van der Waals surface area (Å²) in [5.74, 6) is 0.958. The third-order valence-electron chi connectivity index (χ3n) is 3.14. The van der Waals surface area contributed by atoms with Gasteiger partial charge in [0.1, 0.15) is 5.75 Å². The minimum absolute atomic E-state index is 0.00957. The highest BCUT2D eigenvalue weighted by molar-refractivity contribution is 9.10. The molecule has 1 aromatic carbocycles. The van der Waals surface area contributed by atoms with Gasteiger partial charge in [-0.3, -0.25) is 4.79 Å². The van der Waals surface area contributed by atoms with Crippen LogP contribution in [-0.2, 0) is 4.79 Å². The SMILES string of the molecule is CC(=O)NCCNC1CCCOc2cc(Br)ccc21. The van der Waals surface area contributed by atoms with E-state index < -0.39 is 0 Å². The molecule has 5 heteroatoms. The van der Waals surface area contributed by atoms with Gasteiger partial charge in [0, 0.05) is 36.1 Å². The molecule has 1 atom stereocenters. The highest BCUT2D eigenvalue weighted by Crippen LogP contribution is 2.33. The van der Waals surface area contributed by atoms with Crippen molar-refractivity contribution in [2.75, 3.05) is 19.7 Å². The van der Waals surface area contributed by atoms with E-state index in [1.54, 1.807) is 0 Å². The van der Waals surface area contributed by atoms with Gasteiger partial charge in [-0.1, -0.05) is 22.0 Å². The van der Waals surface area contributed by atoms with Crippen LogP contribution < -0.4 is 15.4 Å². The fourth-order valence-corrected chi connectivity index (χ4v) is 2.58. The lowest BCUT2D eigenvalue weighted by atomic mass is 10.0. The summed E-state index contributed by atoms with van der Waals surface area (Å²) in [6.07, 6.45) is 2.08. The van der Waals surface area contributed by atoms with Gasteiger partial charge >= 0.3 is 0 Å². The van der Waals surface area contributed by atoms with Gasteiger partial charge in [-0.15, -0.1) is 0 Å². The molecular weight excluding hydrogens is 308 g/mol. The van der Waals surface area contributed by atoms with E-state index >= 15 is 0 Å². The van der Waals surface area contributed by atoms with Crippen LogP contribution in [0.4, 0.5) is 0 Å². The van der Waals surface area contributed by atoms with E-state index in [2.05, 4.69) is 32.6 Å². The molecule has 0 bridgehead atoms. The summed E-state index contributed by atoms with van der Waals surface area (Å²) in [5, 5.41) is 6.28. The largest absolute Gasteiger partial charge is 0.493 e. The van der Waals surface area contributed by atoms with E-state index in [0.29, 0.717) is 12.6 Å². The first-order valence-corrected chi connectivity index (χ1v) is 7.36. The van der Waals surface area contributed by atoms with Crippen molar-refractivity contribution in [2.45, 2.75) is 25.8 Å². The zero-order valence-electron chi connectivity index (χ0n) is 11.0. The van der Waals surface area contributed by atoms with Crippen molar-refractivity contribution in [1.29, 1.82) is 0 Å². The first kappa shape index (κ1) is 14.3. The molecule has 0 saturated carbocycles. The third-order valence-corrected chi connectivity index (χ3v) is 3.63. The summed E-state index contributed by atoms with van der Waals surface area (Å²) in [4.78, 5) is 10.8. The standard InChI is InChI=1S/C14H19BrN2O2/c1-10(18)16-6-7-17-13-3-2-8-19-14-9-11(15)4-5-12(13)14/h4-5,9,13,17H,2-3,6-8H2,1H3,(H,16,18). The van der Waals surface area contributed by atoms with Crippen LogP contribution in [0, 0.1) is 0 Å². The minimum atomic E-state index is 0.00957. The van der Waals surface area contributed by atoms with E-state index in [4.69, 9.17) is 4.74 Å². The van der Waals surface area contributed by atoms with Gasteiger partial charge in [0.05, 0.1) is 6.61 Å². The van der Waals surface area contributed by atoms with Crippen molar-refractivity contribution < 1.29 is 9.53 Å². The van der Waals surface area contributed by atoms with Crippen molar-refractivity contribution in [2.24, 2.45) is 0 Å². The molecule has 1 amide bonds. The lowest BCUT2D eigenvalue weighted by Gasteiger charge is -2.18. The maximum atomic E-state index is 10.8. The van der Waals surface area contributed by atoms with Gasteiger partial charge in [0.25, 0.3) is 0 Å². The van der Waals surface area contributed by atoms with E-state index in [-0.39, 0.29) is 5.91 Å². The molecule has 0 aromatic heterocycles. The smallest absolute Gasteiger partial charge is 0.216 e. The quantitative estimate of drug-likeness (QED) is 0.835. The fourth-order valence-electron chi connectivity index (χ4n) is 2.24. The van der Waals surface area contributed by atoms with Crippen LogP contribution in [0.3, 0.4) is 0 Å². The Morgan fingerprint density at radius 1 is 1.47 bits per heavy atom. The van der Waals surface area contributed by atoms with Gasteiger partial charge in [-0.05, 0) is 25.0 Å². The Balaban J connectivity index is 1.99. The van der Waals surface area contributed by atoms with E-state index in [1.807, 2.05) is 12.1 Å². The molecule has 104 valence electrons. The number of fused-ring (bicyclic) bond motifs is 1. The Morgan fingerprint density at radius 2 is 2.32 bits per heavy atom. The van der Waals surface area contributed by atoms with Crippen molar-refractivity contribution in [1.82, 2.24) is 10.6 Å². The van der Waals surface area contributed by atoms with Gasteiger partial charge in [0.15, 0.2) is 0 Å². The second-order valence-electron chi connectivity index (χ2n) is 4.66. The Morgan fingerprint density at radius 3 is 3.11 bits per heavy atom. The number of hydrogen-bond acceptors (Lipinski definition) is 3. The monoisotopic (exact) mass is 326 g/mol. The molecule has 2 N–H and O–H groups in total. The molecule has 2 rings (SSSR count). The first-order chi connectivity index (χ1) is 9.16. The van der Waals surface area contributed by atoms with Crippen molar-refractivity contribution in [3.05, 3.63) is 28.2 Å². The maximum absolute atomic E-state index is 10.8. The molecule has 0 spiro atoms. The van der Waals surface area contributed by atoms with Crippen molar-refractivity contribution in [3.8, 4) is 5.75 Å². The summed E-state index contributed by atoms with van der Waals surface area (Å²) >= 11 is 3.47. The van der Waals surface area contributed by atoms with Gasteiger partial charge in [0.2, 0.25) is 5.91 Å². The molecule has 1 heterocycles. The summed E-state index contributed by atoms with van der Waals surface area (Å²) in [5.41, 5.74) is 1.20. The molecule has 0 radical (unpaired) electrons. The Bertz CT molecular complexity index is 451. The number of benzene rings is 1. The predicted octanol–water partition coefficient (Wildman–Crippen LogP) is 2.39. The fraction of sp³-hybridized carbons (Fsp3) is 0.500. The highest BCUT2D eigenvalue weighted by atomic mass is 79.9. The Labute approximate surface area is 122 Å². The van der Waals surface area contributed by atoms with Gasteiger partial charge < -0.3 is 15.4 Å². The van der Waals surface area contributed by atoms with Crippen LogP contribution in [0.1, 0.15) is 31.4 Å². The highest BCUT2D eigenvalue weighted by Gasteiger charge is 2.19. The maximum Gasteiger partial charge on any atom is 0.216 e. The molecule has 1 aromatic rings. The normalized spacial score (nSPS) is 18.1. The number of hydrogen-bond donors (Lipinski definition) is 2. The number of nitrogens with one attached hydrogen (secondary N) is 2. The molecule has 1 unspecified atom stereocenters. The summed E-state index contributed by atoms with van der Waals surface area (Å²) in [6.45, 7) is 3.71. The molecule has 0 aliphatic carbocycles. The van der Waals surface area contributed by atoms with Crippen LogP contribution in [0.25, 0.3) is 0 Å². The van der Waals surface area contributed by atoms with Crippen molar-refractivity contribution >= 4 is 21.8 Å². The summed E-state index contributed by atoms with van der Waals surface area (Å²) in [6, 6.07) is 6.44. The zero-order chi connectivity index (χ0) is 13.7. The number of carbonyl (C=O) groups excluding carboxylic acids is 1. The van der Waals surface area contributed by atoms with Gasteiger partial charge in [-0.25, -0.2) is 0 Å². The van der Waals surface area contributed by atoms with Crippen molar-refractivity contribution in [3.63, 3.8) is 0 Å². The molecule has 1 aliphatic rings. The van der Waals surface area contributed by atoms with Gasteiger partial charge in [-0.2, -0.15) is 0 Å². The summed E-state index contributed by atoms with van der Waals surface area (Å²) < 4.78 is 6.80.